The maximum atomic E-state index is 13.0. The first-order valence-corrected chi connectivity index (χ1v) is 10.4. The van der Waals surface area contributed by atoms with Gasteiger partial charge < -0.3 is 4.90 Å². The Kier molecular flexibility index (Phi) is 4.54. The van der Waals surface area contributed by atoms with Crippen molar-refractivity contribution in [1.29, 1.82) is 0 Å². The van der Waals surface area contributed by atoms with E-state index in [9.17, 15) is 13.2 Å². The van der Waals surface area contributed by atoms with Crippen LogP contribution in [0.5, 0.6) is 0 Å². The molecule has 0 saturated heterocycles. The van der Waals surface area contributed by atoms with Crippen LogP contribution in [0.25, 0.3) is 0 Å². The number of nitrogens with zero attached hydrogens (tertiary/aromatic N) is 1. The molecule has 0 aromatic heterocycles. The van der Waals surface area contributed by atoms with Crippen LogP contribution in [0.1, 0.15) is 22.3 Å². The molecule has 0 saturated carbocycles. The Balaban J connectivity index is 1.63. The number of carbonyl (C=O) groups excluding carboxylic acids is 1. The second kappa shape index (κ2) is 7.00. The van der Waals surface area contributed by atoms with Crippen molar-refractivity contribution in [2.45, 2.75) is 22.6 Å². The first-order chi connectivity index (χ1) is 13.1. The van der Waals surface area contributed by atoms with Crippen molar-refractivity contribution >= 4 is 21.4 Å². The van der Waals surface area contributed by atoms with Gasteiger partial charge in [-0.3, -0.25) is 4.79 Å². The van der Waals surface area contributed by atoms with Gasteiger partial charge in [-0.2, -0.15) is 0 Å². The van der Waals surface area contributed by atoms with Gasteiger partial charge in [0.25, 0.3) is 5.91 Å². The minimum atomic E-state index is -3.58. The normalized spacial score (nSPS) is 13.9. The van der Waals surface area contributed by atoms with Gasteiger partial charge in [-0.15, -0.1) is 0 Å². The molecule has 0 atom stereocenters. The summed E-state index contributed by atoms with van der Waals surface area (Å²) in [5, 5.41) is 0. The molecular weight excluding hydrogens is 358 g/mol. The highest BCUT2D eigenvalue weighted by molar-refractivity contribution is 7.91. The van der Waals surface area contributed by atoms with Crippen molar-refractivity contribution < 1.29 is 13.2 Å². The van der Waals surface area contributed by atoms with E-state index in [1.807, 2.05) is 24.3 Å². The Labute approximate surface area is 159 Å². The van der Waals surface area contributed by atoms with Crippen molar-refractivity contribution in [1.82, 2.24) is 0 Å². The zero-order valence-electron chi connectivity index (χ0n) is 14.7. The van der Waals surface area contributed by atoms with Crippen molar-refractivity contribution in [3.8, 4) is 0 Å². The largest absolute Gasteiger partial charge is 0.308 e. The molecule has 1 aliphatic rings. The lowest BCUT2D eigenvalue weighted by atomic mass is 10.0. The van der Waals surface area contributed by atoms with Crippen LogP contribution in [0.15, 0.2) is 88.7 Å². The SMILES string of the molecule is O=C(c1ccc(S(=O)(=O)c2ccccc2)cc1)N1CCCc2ccccc21. The van der Waals surface area contributed by atoms with E-state index >= 15 is 0 Å². The van der Waals surface area contributed by atoms with Crippen molar-refractivity contribution in [2.24, 2.45) is 0 Å². The van der Waals surface area contributed by atoms with Gasteiger partial charge in [0.05, 0.1) is 9.79 Å². The van der Waals surface area contributed by atoms with Crippen molar-refractivity contribution in [2.75, 3.05) is 11.4 Å². The Morgan fingerprint density at radius 1 is 0.778 bits per heavy atom. The topological polar surface area (TPSA) is 54.5 Å². The second-order valence-corrected chi connectivity index (χ2v) is 8.48. The standard InChI is InChI=1S/C22H19NO3S/c24-22(23-16-6-8-17-7-4-5-11-21(17)23)18-12-14-20(15-13-18)27(25,26)19-9-2-1-3-10-19/h1-5,7,9-15H,6,8,16H2. The van der Waals surface area contributed by atoms with Crippen LogP contribution in [0.2, 0.25) is 0 Å². The quantitative estimate of drug-likeness (QED) is 0.690. The molecule has 1 aliphatic heterocycles. The summed E-state index contributed by atoms with van der Waals surface area (Å²) in [6.45, 7) is 0.667. The summed E-state index contributed by atoms with van der Waals surface area (Å²) in [6.07, 6.45) is 1.89. The molecule has 5 heteroatoms. The Hall–Kier alpha value is -2.92. The third-order valence-corrected chi connectivity index (χ3v) is 6.61. The Morgan fingerprint density at radius 2 is 1.41 bits per heavy atom. The molecule has 0 bridgehead atoms. The third-order valence-electron chi connectivity index (χ3n) is 4.82. The summed E-state index contributed by atoms with van der Waals surface area (Å²) in [7, 11) is -3.58. The summed E-state index contributed by atoms with van der Waals surface area (Å²) in [4.78, 5) is 15.2. The van der Waals surface area contributed by atoms with Crippen molar-refractivity contribution in [3.63, 3.8) is 0 Å². The predicted octanol–water partition coefficient (Wildman–Crippen LogP) is 4.11. The summed E-state index contributed by atoms with van der Waals surface area (Å²) >= 11 is 0. The van der Waals surface area contributed by atoms with Crippen LogP contribution in [-0.2, 0) is 16.3 Å². The number of sulfone groups is 1. The number of hydrogen-bond donors (Lipinski definition) is 0. The van der Waals surface area contributed by atoms with Gasteiger partial charge in [0, 0.05) is 17.8 Å². The number of hydrogen-bond acceptors (Lipinski definition) is 3. The fraction of sp³-hybridized carbons (Fsp3) is 0.136. The highest BCUT2D eigenvalue weighted by Crippen LogP contribution is 2.28. The summed E-state index contributed by atoms with van der Waals surface area (Å²) in [6, 6.07) is 22.4. The fourth-order valence-electron chi connectivity index (χ4n) is 3.41. The lowest BCUT2D eigenvalue weighted by Gasteiger charge is -2.29. The number of amides is 1. The molecule has 0 spiro atoms. The van der Waals surface area contributed by atoms with E-state index in [0.29, 0.717) is 12.1 Å². The van der Waals surface area contributed by atoms with E-state index in [0.717, 1.165) is 18.5 Å². The average molecular weight is 377 g/mol. The maximum absolute atomic E-state index is 13.0. The summed E-state index contributed by atoms with van der Waals surface area (Å²) in [5.41, 5.74) is 2.59. The van der Waals surface area contributed by atoms with Gasteiger partial charge in [-0.05, 0) is 60.9 Å². The van der Waals surface area contributed by atoms with Crippen LogP contribution in [-0.4, -0.2) is 20.9 Å². The smallest absolute Gasteiger partial charge is 0.258 e. The Bertz CT molecular complexity index is 1070. The fourth-order valence-corrected chi connectivity index (χ4v) is 4.69. The lowest BCUT2D eigenvalue weighted by Crippen LogP contribution is -2.35. The number of fused-ring (bicyclic) bond motifs is 1. The molecule has 0 fully saturated rings. The van der Waals surface area contributed by atoms with Gasteiger partial charge in [0.15, 0.2) is 0 Å². The number of para-hydroxylation sites is 1. The highest BCUT2D eigenvalue weighted by atomic mass is 32.2. The molecule has 0 N–H and O–H groups in total. The monoisotopic (exact) mass is 377 g/mol. The number of aryl methyl sites for hydroxylation is 1. The van der Waals surface area contributed by atoms with Crippen LogP contribution in [0.4, 0.5) is 5.69 Å². The van der Waals surface area contributed by atoms with Crippen LogP contribution in [0, 0.1) is 0 Å². The third kappa shape index (κ3) is 3.26. The average Bonchev–Trinajstić information content (AvgIpc) is 2.73. The molecular formula is C22H19NO3S. The first kappa shape index (κ1) is 17.5. The van der Waals surface area contributed by atoms with Gasteiger partial charge in [-0.1, -0.05) is 36.4 Å². The van der Waals surface area contributed by atoms with Crippen LogP contribution in [0.3, 0.4) is 0 Å². The van der Waals surface area contributed by atoms with Crippen LogP contribution >= 0.6 is 0 Å². The molecule has 0 unspecified atom stereocenters. The Morgan fingerprint density at radius 3 is 2.15 bits per heavy atom. The molecule has 3 aromatic carbocycles. The molecule has 0 radical (unpaired) electrons. The number of carbonyl (C=O) groups is 1. The van der Waals surface area contributed by atoms with E-state index < -0.39 is 9.84 Å². The van der Waals surface area contributed by atoms with E-state index in [1.165, 1.54) is 17.7 Å². The van der Waals surface area contributed by atoms with Crippen molar-refractivity contribution in [3.05, 3.63) is 90.0 Å². The number of anilines is 1. The van der Waals surface area contributed by atoms with E-state index in [1.54, 1.807) is 47.4 Å². The maximum Gasteiger partial charge on any atom is 0.258 e. The molecule has 4 nitrogen and oxygen atoms in total. The molecule has 1 amide bonds. The first-order valence-electron chi connectivity index (χ1n) is 8.87. The lowest BCUT2D eigenvalue weighted by molar-refractivity contribution is 0.0985. The number of benzene rings is 3. The molecule has 3 aromatic rings. The molecule has 1 heterocycles. The van der Waals surface area contributed by atoms with Gasteiger partial charge in [0.2, 0.25) is 9.84 Å². The number of rotatable bonds is 3. The predicted molar refractivity (Wildman–Crippen MR) is 105 cm³/mol. The molecule has 4 rings (SSSR count). The zero-order chi connectivity index (χ0) is 18.9. The second-order valence-electron chi connectivity index (χ2n) is 6.53. The van der Waals surface area contributed by atoms with E-state index in [-0.39, 0.29) is 15.7 Å². The summed E-state index contributed by atoms with van der Waals surface area (Å²) < 4.78 is 25.4. The summed E-state index contributed by atoms with van der Waals surface area (Å²) in [5.74, 6) is -0.106. The molecule has 27 heavy (non-hydrogen) atoms. The van der Waals surface area contributed by atoms with Gasteiger partial charge in [-0.25, -0.2) is 8.42 Å². The highest BCUT2D eigenvalue weighted by Gasteiger charge is 2.24. The zero-order valence-corrected chi connectivity index (χ0v) is 15.5. The van der Waals surface area contributed by atoms with E-state index in [2.05, 4.69) is 0 Å². The minimum Gasteiger partial charge on any atom is -0.308 e. The van der Waals surface area contributed by atoms with Gasteiger partial charge >= 0.3 is 0 Å². The van der Waals surface area contributed by atoms with Gasteiger partial charge in [0.1, 0.15) is 0 Å². The van der Waals surface area contributed by atoms with Crippen LogP contribution < -0.4 is 4.90 Å². The molecule has 0 aliphatic carbocycles. The van der Waals surface area contributed by atoms with E-state index in [4.69, 9.17) is 0 Å². The minimum absolute atomic E-state index is 0.106. The molecule has 136 valence electrons.